The second-order valence-corrected chi connectivity index (χ2v) is 2.09. The Labute approximate surface area is 66.2 Å². The van der Waals surface area contributed by atoms with Crippen molar-refractivity contribution in [1.82, 2.24) is 20.6 Å². The lowest BCUT2D eigenvalue weighted by Gasteiger charge is -1.88. The molecule has 2 aromatic rings. The van der Waals surface area contributed by atoms with Crippen LogP contribution in [0.5, 0.6) is 0 Å². The summed E-state index contributed by atoms with van der Waals surface area (Å²) in [5, 5.41) is 12.6. The van der Waals surface area contributed by atoms with E-state index >= 15 is 0 Å². The minimum Gasteiger partial charge on any atom is -0.345 e. The molecule has 2 heterocycles. The van der Waals surface area contributed by atoms with Crippen LogP contribution in [0.2, 0.25) is 0 Å². The van der Waals surface area contributed by atoms with Crippen LogP contribution in [0.4, 0.5) is 0 Å². The highest BCUT2D eigenvalue weighted by Gasteiger charge is 2.05. The molecular formula is C6H4N4O2. The van der Waals surface area contributed by atoms with E-state index in [1.165, 1.54) is 12.5 Å². The fourth-order valence-electron chi connectivity index (χ4n) is 0.827. The second-order valence-electron chi connectivity index (χ2n) is 2.09. The Morgan fingerprint density at radius 3 is 3.08 bits per heavy atom. The summed E-state index contributed by atoms with van der Waals surface area (Å²) >= 11 is 0. The zero-order chi connectivity index (χ0) is 8.39. The van der Waals surface area contributed by atoms with E-state index in [0.29, 0.717) is 11.3 Å². The lowest BCUT2D eigenvalue weighted by Crippen LogP contribution is -2.09. The molecule has 0 aliphatic carbocycles. The molecule has 12 heavy (non-hydrogen) atoms. The van der Waals surface area contributed by atoms with Crippen LogP contribution in [0.25, 0.3) is 11.3 Å². The van der Waals surface area contributed by atoms with Crippen LogP contribution in [-0.4, -0.2) is 20.6 Å². The molecule has 0 atom stereocenters. The average Bonchev–Trinajstić information content (AvgIpc) is 2.57. The number of aromatic amines is 1. The Hall–Kier alpha value is -1.98. The first-order valence-electron chi connectivity index (χ1n) is 3.19. The van der Waals surface area contributed by atoms with Gasteiger partial charge >= 0.3 is 0 Å². The van der Waals surface area contributed by atoms with Gasteiger partial charge in [-0.1, -0.05) is 0 Å². The molecular weight excluding hydrogens is 160 g/mol. The van der Waals surface area contributed by atoms with Gasteiger partial charge in [-0.05, 0) is 6.07 Å². The predicted molar refractivity (Wildman–Crippen MR) is 38.1 cm³/mol. The van der Waals surface area contributed by atoms with Crippen LogP contribution in [-0.2, 0) is 0 Å². The standard InChI is InChI=1S/C6H4N4O2/c11-6-4(1-2-7-9-6)5-3-12-10-8-5/h1-3H,(H,9,11). The van der Waals surface area contributed by atoms with Gasteiger partial charge in [-0.2, -0.15) is 5.10 Å². The summed E-state index contributed by atoms with van der Waals surface area (Å²) in [5.41, 5.74) is 0.484. The molecule has 6 nitrogen and oxygen atoms in total. The topological polar surface area (TPSA) is 84.7 Å². The van der Waals surface area contributed by atoms with Gasteiger partial charge in [-0.3, -0.25) is 4.79 Å². The summed E-state index contributed by atoms with van der Waals surface area (Å²) in [4.78, 5) is 11.1. The molecule has 1 N–H and O–H groups in total. The Morgan fingerprint density at radius 2 is 2.42 bits per heavy atom. The largest absolute Gasteiger partial charge is 0.345 e. The highest BCUT2D eigenvalue weighted by atomic mass is 16.5. The Morgan fingerprint density at radius 1 is 1.50 bits per heavy atom. The van der Waals surface area contributed by atoms with Crippen molar-refractivity contribution in [3.8, 4) is 11.3 Å². The number of rotatable bonds is 1. The maximum absolute atomic E-state index is 11.1. The molecule has 6 heteroatoms. The van der Waals surface area contributed by atoms with E-state index in [9.17, 15) is 4.79 Å². The highest BCUT2D eigenvalue weighted by Crippen LogP contribution is 2.07. The number of nitrogens with zero attached hydrogens (tertiary/aromatic N) is 3. The van der Waals surface area contributed by atoms with Crippen LogP contribution < -0.4 is 5.56 Å². The van der Waals surface area contributed by atoms with E-state index in [-0.39, 0.29) is 5.56 Å². The van der Waals surface area contributed by atoms with Crippen molar-refractivity contribution in [2.45, 2.75) is 0 Å². The summed E-state index contributed by atoms with van der Waals surface area (Å²) in [6, 6.07) is 1.54. The number of H-pyrrole nitrogens is 1. The van der Waals surface area contributed by atoms with Crippen LogP contribution in [0, 0.1) is 0 Å². The first kappa shape index (κ1) is 6.71. The molecule has 0 aliphatic heterocycles. The Balaban J connectivity index is 2.63. The minimum atomic E-state index is -0.312. The normalized spacial score (nSPS) is 10.0. The van der Waals surface area contributed by atoms with E-state index in [1.54, 1.807) is 6.07 Å². The second kappa shape index (κ2) is 2.57. The zero-order valence-corrected chi connectivity index (χ0v) is 5.89. The Bertz CT molecular complexity index is 419. The molecule has 0 saturated heterocycles. The van der Waals surface area contributed by atoms with Crippen molar-refractivity contribution < 1.29 is 4.52 Å². The molecule has 0 bridgehead atoms. The molecule has 2 rings (SSSR count). The van der Waals surface area contributed by atoms with Gasteiger partial charge in [0.15, 0.2) is 6.26 Å². The van der Waals surface area contributed by atoms with Gasteiger partial charge < -0.3 is 4.52 Å². The van der Waals surface area contributed by atoms with E-state index < -0.39 is 0 Å². The number of hydrogen-bond donors (Lipinski definition) is 1. The zero-order valence-electron chi connectivity index (χ0n) is 5.89. The number of aromatic nitrogens is 4. The third-order valence-electron chi connectivity index (χ3n) is 1.36. The molecule has 0 fully saturated rings. The van der Waals surface area contributed by atoms with Gasteiger partial charge in [0.25, 0.3) is 5.56 Å². The van der Waals surface area contributed by atoms with Crippen molar-refractivity contribution in [2.24, 2.45) is 0 Å². The lowest BCUT2D eigenvalue weighted by atomic mass is 10.2. The summed E-state index contributed by atoms with van der Waals surface area (Å²) in [6.07, 6.45) is 2.76. The Kier molecular flexibility index (Phi) is 1.44. The van der Waals surface area contributed by atoms with Gasteiger partial charge in [0.2, 0.25) is 0 Å². The average molecular weight is 164 g/mol. The summed E-state index contributed by atoms with van der Waals surface area (Å²) in [6.45, 7) is 0. The predicted octanol–water partition coefficient (Wildman–Crippen LogP) is -0.180. The third kappa shape index (κ3) is 0.986. The fraction of sp³-hybridized carbons (Fsp3) is 0. The van der Waals surface area contributed by atoms with Crippen molar-refractivity contribution >= 4 is 0 Å². The molecule has 0 spiro atoms. The van der Waals surface area contributed by atoms with Gasteiger partial charge in [-0.15, -0.1) is 5.10 Å². The van der Waals surface area contributed by atoms with Gasteiger partial charge in [-0.25, -0.2) is 5.10 Å². The molecule has 0 amide bonds. The third-order valence-corrected chi connectivity index (χ3v) is 1.36. The lowest BCUT2D eigenvalue weighted by molar-refractivity contribution is 0.393. The molecule has 0 aromatic carbocycles. The van der Waals surface area contributed by atoms with E-state index in [0.717, 1.165) is 0 Å². The quantitative estimate of drug-likeness (QED) is 0.631. The number of hydrogen-bond acceptors (Lipinski definition) is 5. The fourth-order valence-corrected chi connectivity index (χ4v) is 0.827. The summed E-state index contributed by atoms with van der Waals surface area (Å²) in [7, 11) is 0. The molecule has 2 aromatic heterocycles. The van der Waals surface area contributed by atoms with Crippen molar-refractivity contribution in [1.29, 1.82) is 0 Å². The first-order chi connectivity index (χ1) is 5.88. The monoisotopic (exact) mass is 164 g/mol. The smallest absolute Gasteiger partial charge is 0.273 e. The highest BCUT2D eigenvalue weighted by molar-refractivity contribution is 5.54. The molecule has 60 valence electrons. The maximum Gasteiger partial charge on any atom is 0.273 e. The summed E-state index contributed by atoms with van der Waals surface area (Å²) in [5.74, 6) is 0. The van der Waals surface area contributed by atoms with Crippen molar-refractivity contribution in [3.05, 3.63) is 28.9 Å². The number of nitrogens with one attached hydrogen (secondary N) is 1. The van der Waals surface area contributed by atoms with Crippen LogP contribution in [0.15, 0.2) is 27.8 Å². The van der Waals surface area contributed by atoms with Crippen LogP contribution in [0.3, 0.4) is 0 Å². The molecule has 0 radical (unpaired) electrons. The van der Waals surface area contributed by atoms with Gasteiger partial charge in [0.05, 0.1) is 5.56 Å². The molecule has 0 unspecified atom stereocenters. The minimum absolute atomic E-state index is 0.312. The van der Waals surface area contributed by atoms with Gasteiger partial charge in [0.1, 0.15) is 5.69 Å². The van der Waals surface area contributed by atoms with Crippen LogP contribution in [0.1, 0.15) is 0 Å². The van der Waals surface area contributed by atoms with E-state index in [2.05, 4.69) is 25.1 Å². The van der Waals surface area contributed by atoms with E-state index in [4.69, 9.17) is 0 Å². The van der Waals surface area contributed by atoms with Crippen LogP contribution >= 0.6 is 0 Å². The molecule has 0 saturated carbocycles. The van der Waals surface area contributed by atoms with Gasteiger partial charge in [0, 0.05) is 11.5 Å². The maximum atomic E-state index is 11.1. The van der Waals surface area contributed by atoms with Crippen molar-refractivity contribution in [3.63, 3.8) is 0 Å². The van der Waals surface area contributed by atoms with E-state index in [1.807, 2.05) is 0 Å². The summed E-state index contributed by atoms with van der Waals surface area (Å²) < 4.78 is 4.49. The van der Waals surface area contributed by atoms with Crippen molar-refractivity contribution in [2.75, 3.05) is 0 Å². The first-order valence-corrected chi connectivity index (χ1v) is 3.19. The SMILES string of the molecule is O=c1[nH]nccc1-c1conn1. The molecule has 0 aliphatic rings.